The van der Waals surface area contributed by atoms with Crippen LogP contribution in [0.1, 0.15) is 10.4 Å². The molecule has 0 radical (unpaired) electrons. The Labute approximate surface area is 170 Å². The predicted molar refractivity (Wildman–Crippen MR) is 112 cm³/mol. The summed E-state index contributed by atoms with van der Waals surface area (Å²) < 4.78 is 24.7. The lowest BCUT2D eigenvalue weighted by atomic mass is 10.2. The zero-order valence-corrected chi connectivity index (χ0v) is 15.9. The Morgan fingerprint density at radius 3 is 1.97 bits per heavy atom. The van der Waals surface area contributed by atoms with Crippen LogP contribution in [0.2, 0.25) is 0 Å². The van der Waals surface area contributed by atoms with Gasteiger partial charge in [0.05, 0.1) is 0 Å². The van der Waals surface area contributed by atoms with Gasteiger partial charge in [0.25, 0.3) is 11.7 Å². The molecule has 0 aliphatic carbocycles. The normalized spacial score (nSPS) is 10.4. The summed E-state index contributed by atoms with van der Waals surface area (Å²) >= 11 is 0.420. The third-order valence-corrected chi connectivity index (χ3v) is 4.47. The number of nitrogens with one attached hydrogen (secondary N) is 3. The molecule has 3 aromatic rings. The van der Waals surface area contributed by atoms with Crippen molar-refractivity contribution in [2.24, 2.45) is 0 Å². The molecule has 148 valence electrons. The smallest absolute Gasteiger partial charge is 0.322 e. The van der Waals surface area contributed by atoms with Crippen molar-refractivity contribution in [1.29, 1.82) is 0 Å². The van der Waals surface area contributed by atoms with E-state index in [-0.39, 0.29) is 5.91 Å². The first kappa shape index (κ1) is 20.3. The number of hydrogen-bond acceptors (Lipinski definition) is 3. The highest BCUT2D eigenvalue weighted by atomic mass is 32.2. The number of anilines is 3. The van der Waals surface area contributed by atoms with Gasteiger partial charge in [-0.3, -0.25) is 4.79 Å². The van der Waals surface area contributed by atoms with Crippen molar-refractivity contribution < 1.29 is 18.4 Å². The van der Waals surface area contributed by atoms with Crippen LogP contribution in [0.4, 0.5) is 30.6 Å². The number of para-hydroxylation sites is 1. The average Bonchev–Trinajstić information content (AvgIpc) is 2.69. The summed E-state index contributed by atoms with van der Waals surface area (Å²) in [6.07, 6.45) is 0. The van der Waals surface area contributed by atoms with Crippen LogP contribution in [-0.4, -0.2) is 17.7 Å². The summed E-state index contributed by atoms with van der Waals surface area (Å²) in [5.41, 5.74) is 1.98. The van der Waals surface area contributed by atoms with E-state index in [1.54, 1.807) is 36.4 Å². The second-order valence-corrected chi connectivity index (χ2v) is 6.95. The summed E-state index contributed by atoms with van der Waals surface area (Å²) in [4.78, 5) is 24.8. The molecule has 0 fully saturated rings. The number of hydrogen-bond donors (Lipinski definition) is 3. The molecule has 0 aliphatic heterocycles. The fraction of sp³-hybridized carbons (Fsp3) is 0.0476. The van der Waals surface area contributed by atoms with Gasteiger partial charge in [0.1, 0.15) is 0 Å². The molecule has 3 aromatic carbocycles. The van der Waals surface area contributed by atoms with Crippen LogP contribution >= 0.6 is 11.8 Å². The maximum Gasteiger partial charge on any atom is 0.323 e. The molecule has 3 amide bonds. The third kappa shape index (κ3) is 6.32. The molecule has 0 spiro atoms. The molecular weight excluding hydrogens is 396 g/mol. The van der Waals surface area contributed by atoms with Gasteiger partial charge in [-0.25, -0.2) is 4.79 Å². The molecule has 0 unspecified atom stereocenters. The van der Waals surface area contributed by atoms with Gasteiger partial charge in [0, 0.05) is 27.5 Å². The van der Waals surface area contributed by atoms with Gasteiger partial charge in [-0.05, 0) is 54.6 Å². The first-order valence-corrected chi connectivity index (χ1v) is 9.47. The molecule has 29 heavy (non-hydrogen) atoms. The molecule has 0 atom stereocenters. The van der Waals surface area contributed by atoms with E-state index in [4.69, 9.17) is 0 Å². The second kappa shape index (κ2) is 9.70. The minimum atomic E-state index is -2.51. The van der Waals surface area contributed by atoms with Crippen LogP contribution in [-0.2, 0) is 0 Å². The van der Waals surface area contributed by atoms with Crippen molar-refractivity contribution in [3.8, 4) is 0 Å². The number of amides is 3. The molecule has 0 aromatic heterocycles. The van der Waals surface area contributed by atoms with E-state index >= 15 is 0 Å². The predicted octanol–water partition coefficient (Wildman–Crippen LogP) is 5.90. The Morgan fingerprint density at radius 1 is 0.724 bits per heavy atom. The van der Waals surface area contributed by atoms with Crippen molar-refractivity contribution in [2.75, 3.05) is 16.0 Å². The van der Waals surface area contributed by atoms with Crippen LogP contribution in [0.3, 0.4) is 0 Å². The first-order chi connectivity index (χ1) is 14.0. The van der Waals surface area contributed by atoms with Gasteiger partial charge in [-0.2, -0.15) is 8.78 Å². The average molecular weight is 413 g/mol. The molecule has 3 rings (SSSR count). The third-order valence-electron chi connectivity index (χ3n) is 3.75. The van der Waals surface area contributed by atoms with Gasteiger partial charge < -0.3 is 16.0 Å². The number of alkyl halides is 2. The summed E-state index contributed by atoms with van der Waals surface area (Å²) in [7, 11) is 0. The zero-order chi connectivity index (χ0) is 20.6. The number of carbonyl (C=O) groups excluding carboxylic acids is 2. The quantitative estimate of drug-likeness (QED) is 0.441. The van der Waals surface area contributed by atoms with E-state index in [0.29, 0.717) is 39.3 Å². The summed E-state index contributed by atoms with van der Waals surface area (Å²) in [6, 6.07) is 21.2. The monoisotopic (exact) mass is 413 g/mol. The molecule has 0 saturated carbocycles. The molecule has 0 aliphatic rings. The maximum absolute atomic E-state index is 12.4. The van der Waals surface area contributed by atoms with Crippen LogP contribution < -0.4 is 16.0 Å². The van der Waals surface area contributed by atoms with E-state index in [1.165, 1.54) is 24.3 Å². The van der Waals surface area contributed by atoms with Crippen molar-refractivity contribution in [3.05, 3.63) is 84.4 Å². The number of benzene rings is 3. The van der Waals surface area contributed by atoms with E-state index in [1.807, 2.05) is 18.2 Å². The summed E-state index contributed by atoms with van der Waals surface area (Å²) in [6.45, 7) is 0. The van der Waals surface area contributed by atoms with E-state index in [2.05, 4.69) is 16.0 Å². The number of thioether (sulfide) groups is 1. The topological polar surface area (TPSA) is 70.2 Å². The highest BCUT2D eigenvalue weighted by molar-refractivity contribution is 7.99. The highest BCUT2D eigenvalue weighted by Crippen LogP contribution is 2.25. The molecule has 5 nitrogen and oxygen atoms in total. The fourth-order valence-corrected chi connectivity index (χ4v) is 2.98. The minimum absolute atomic E-state index is 0.337. The first-order valence-electron chi connectivity index (χ1n) is 8.59. The summed E-state index contributed by atoms with van der Waals surface area (Å²) in [5.74, 6) is -2.89. The van der Waals surface area contributed by atoms with Gasteiger partial charge in [-0.1, -0.05) is 36.0 Å². The van der Waals surface area contributed by atoms with Crippen molar-refractivity contribution in [1.82, 2.24) is 0 Å². The van der Waals surface area contributed by atoms with Crippen LogP contribution in [0, 0.1) is 0 Å². The van der Waals surface area contributed by atoms with Gasteiger partial charge in [0.2, 0.25) is 0 Å². The van der Waals surface area contributed by atoms with Crippen LogP contribution in [0.25, 0.3) is 0 Å². The van der Waals surface area contributed by atoms with Crippen molar-refractivity contribution >= 4 is 40.8 Å². The van der Waals surface area contributed by atoms with Crippen LogP contribution in [0.15, 0.2) is 83.8 Å². The Morgan fingerprint density at radius 2 is 1.31 bits per heavy atom. The number of rotatable bonds is 6. The molecule has 0 bridgehead atoms. The highest BCUT2D eigenvalue weighted by Gasteiger charge is 2.10. The van der Waals surface area contributed by atoms with Crippen LogP contribution in [0.5, 0.6) is 0 Å². The van der Waals surface area contributed by atoms with E-state index < -0.39 is 11.8 Å². The summed E-state index contributed by atoms with van der Waals surface area (Å²) in [5, 5.41) is 8.11. The Bertz CT molecular complexity index is 983. The minimum Gasteiger partial charge on any atom is -0.322 e. The maximum atomic E-state index is 12.4. The van der Waals surface area contributed by atoms with E-state index in [9.17, 15) is 18.4 Å². The number of halogens is 2. The lowest BCUT2D eigenvalue weighted by Crippen LogP contribution is -2.19. The Kier molecular flexibility index (Phi) is 6.80. The number of carbonyl (C=O) groups is 2. The Balaban J connectivity index is 1.60. The second-order valence-electron chi connectivity index (χ2n) is 5.88. The van der Waals surface area contributed by atoms with Gasteiger partial charge >= 0.3 is 6.03 Å². The van der Waals surface area contributed by atoms with Gasteiger partial charge in [-0.15, -0.1) is 0 Å². The van der Waals surface area contributed by atoms with Gasteiger partial charge in [0.15, 0.2) is 0 Å². The lowest BCUT2D eigenvalue weighted by molar-refractivity contribution is 0.102. The molecular formula is C21H17F2N3O2S. The number of urea groups is 1. The standard InChI is InChI=1S/C21H17F2N3O2S/c22-20(23)29-18-11-9-14(10-12-18)19(27)24-16-7-4-8-17(13-16)26-21(28)25-15-5-2-1-3-6-15/h1-13,20H,(H,24,27)(H2,25,26,28). The van der Waals surface area contributed by atoms with Crippen molar-refractivity contribution in [2.45, 2.75) is 10.7 Å². The molecule has 8 heteroatoms. The largest absolute Gasteiger partial charge is 0.323 e. The SMILES string of the molecule is O=C(Nc1ccccc1)Nc1cccc(NC(=O)c2ccc(SC(F)F)cc2)c1. The fourth-order valence-electron chi connectivity index (χ4n) is 2.48. The van der Waals surface area contributed by atoms with Crippen molar-refractivity contribution in [3.63, 3.8) is 0 Å². The molecule has 3 N–H and O–H groups in total. The lowest BCUT2D eigenvalue weighted by Gasteiger charge is -2.10. The molecule has 0 saturated heterocycles. The Hall–Kier alpha value is -3.39. The van der Waals surface area contributed by atoms with E-state index in [0.717, 1.165) is 0 Å². The zero-order valence-electron chi connectivity index (χ0n) is 15.1. The molecule has 0 heterocycles.